The molecule has 0 spiro atoms. The number of piperidine rings is 4. The summed E-state index contributed by atoms with van der Waals surface area (Å²) in [5, 5.41) is 1.65. The normalized spacial score (nSPS) is 17.7. The second kappa shape index (κ2) is 36.8. The summed E-state index contributed by atoms with van der Waals surface area (Å²) in [6, 6.07) is 19.1. The number of nitrogens with zero attached hydrogens (tertiary/aromatic N) is 7. The summed E-state index contributed by atoms with van der Waals surface area (Å²) in [5.41, 5.74) is 11.7. The maximum atomic E-state index is 4.88. The van der Waals surface area contributed by atoms with Gasteiger partial charge in [0.1, 0.15) is 0 Å². The van der Waals surface area contributed by atoms with E-state index in [-0.39, 0.29) is 0 Å². The van der Waals surface area contributed by atoms with Gasteiger partial charge in [-0.25, -0.2) is 0 Å². The van der Waals surface area contributed by atoms with E-state index in [1.165, 1.54) is 159 Å². The van der Waals surface area contributed by atoms with Gasteiger partial charge in [-0.3, -0.25) is 34.6 Å². The first-order valence-corrected chi connectivity index (χ1v) is 28.6. The minimum atomic E-state index is 0.382. The summed E-state index contributed by atoms with van der Waals surface area (Å²) in [7, 11) is 20.4. The second-order valence-corrected chi connectivity index (χ2v) is 19.1. The van der Waals surface area contributed by atoms with Crippen LogP contribution in [0.4, 0.5) is 0 Å². The van der Waals surface area contributed by atoms with Gasteiger partial charge in [-0.1, -0.05) is 75.7 Å². The van der Waals surface area contributed by atoms with E-state index in [1.807, 2.05) is 18.2 Å². The minimum absolute atomic E-state index is 0.382. The van der Waals surface area contributed by atoms with Crippen LogP contribution in [-0.4, -0.2) is 94.0 Å². The van der Waals surface area contributed by atoms with Gasteiger partial charge < -0.3 is 5.73 Å². The third-order valence-electron chi connectivity index (χ3n) is 10.2. The molecule has 0 aliphatic carbocycles. The largest absolute Gasteiger partial charge is 0.298 e. The monoisotopic (exact) mass is 1100 g/mol. The quantitative estimate of drug-likeness (QED) is 0.201. The number of likely N-dealkylation sites (tertiary alicyclic amines) is 4. The van der Waals surface area contributed by atoms with Gasteiger partial charge >= 0.3 is 66.4 Å². The molecular weight excluding hydrogens is 1040 g/mol. The van der Waals surface area contributed by atoms with E-state index < -0.39 is 0 Å². The minimum Gasteiger partial charge on any atom is -0.298 e. The Labute approximate surface area is 397 Å². The zero-order chi connectivity index (χ0) is 42.1. The topological polar surface area (TPSA) is 77.6 Å². The van der Waals surface area contributed by atoms with Gasteiger partial charge in [0.25, 0.3) is 0 Å². The van der Waals surface area contributed by atoms with E-state index in [1.54, 1.807) is 0 Å². The van der Waals surface area contributed by atoms with E-state index in [2.05, 4.69) is 98.6 Å². The van der Waals surface area contributed by atoms with Crippen molar-refractivity contribution in [2.24, 2.45) is 5.73 Å². The smallest absolute Gasteiger partial charge is 0.0547 e. The van der Waals surface area contributed by atoms with Crippen molar-refractivity contribution in [3.8, 4) is 0 Å². The van der Waals surface area contributed by atoms with Crippen LogP contribution in [0.25, 0.3) is 0 Å². The van der Waals surface area contributed by atoms with Crippen molar-refractivity contribution in [1.82, 2.24) is 34.6 Å². The SMILES string of the molecule is BrCc1cccc(CBr)n1.CN.[Cl][Co][Cl].[Cl][Co][Cl].c1cc(CN2CCCCC2)nc(CN2CCCCC2)c1.c1cc(CN2CCCCC2)nc(CN2CCCCC2)c1. The molecule has 4 saturated heterocycles. The standard InChI is InChI=1S/2C17H27N3.C7H7Br2N.CH5N.4ClH.2Co/c2*1-3-10-19(11-4-1)14-16-8-7-9-17(18-16)15-20-12-5-2-6-13-20;8-4-6-2-1-3-7(5-9)10-6;1-2;;;;;;/h2*7-9H,1-6,10-15H2;1-3H,4-5H2;2H2,1H3;4*1H;;/q;;;;;;;;2*+2/p-4. The fraction of sp³-hybridized carbons (Fsp3) is 0.643. The van der Waals surface area contributed by atoms with Crippen LogP contribution in [0.1, 0.15) is 111 Å². The third kappa shape index (κ3) is 25.5. The molecule has 334 valence electrons. The Morgan fingerprint density at radius 2 is 0.603 bits per heavy atom. The first-order valence-electron chi connectivity index (χ1n) is 20.6. The van der Waals surface area contributed by atoms with Crippen molar-refractivity contribution in [3.05, 3.63) is 88.8 Å². The molecular formula is C42H66Br2Cl4Co2N8. The summed E-state index contributed by atoms with van der Waals surface area (Å²) in [4.78, 5) is 24.3. The van der Waals surface area contributed by atoms with E-state index in [9.17, 15) is 0 Å². The molecule has 0 bridgehead atoms. The number of alkyl halides is 2. The first kappa shape index (κ1) is 54.5. The molecule has 0 saturated carbocycles. The van der Waals surface area contributed by atoms with Gasteiger partial charge in [0.15, 0.2) is 0 Å². The molecule has 4 aliphatic heterocycles. The summed E-state index contributed by atoms with van der Waals surface area (Å²) in [6.45, 7) is 14.1. The molecule has 4 aliphatic rings. The molecule has 3 aromatic rings. The predicted molar refractivity (Wildman–Crippen MR) is 248 cm³/mol. The molecule has 3 aromatic heterocycles. The molecule has 0 amide bonds. The van der Waals surface area contributed by atoms with Crippen molar-refractivity contribution in [2.45, 2.75) is 114 Å². The summed E-state index contributed by atoms with van der Waals surface area (Å²) in [5.74, 6) is 0. The van der Waals surface area contributed by atoms with E-state index in [0.29, 0.717) is 25.8 Å². The van der Waals surface area contributed by atoms with Crippen LogP contribution in [0.3, 0.4) is 0 Å². The molecule has 0 aromatic carbocycles. The van der Waals surface area contributed by atoms with Gasteiger partial charge in [-0.2, -0.15) is 0 Å². The molecule has 0 atom stereocenters. The zero-order valence-electron chi connectivity index (χ0n) is 34.2. The van der Waals surface area contributed by atoms with Gasteiger partial charge in [0.2, 0.25) is 0 Å². The Kier molecular flexibility index (Phi) is 34.6. The zero-order valence-corrected chi connectivity index (χ0v) is 42.5. The number of aromatic nitrogens is 3. The predicted octanol–water partition coefficient (Wildman–Crippen LogP) is 11.3. The number of hydrogen-bond donors (Lipinski definition) is 1. The van der Waals surface area contributed by atoms with Crippen LogP contribution >= 0.6 is 72.4 Å². The number of rotatable bonds is 10. The van der Waals surface area contributed by atoms with Crippen molar-refractivity contribution < 1.29 is 25.8 Å². The molecule has 8 nitrogen and oxygen atoms in total. The Balaban J connectivity index is 0.000000287. The molecule has 0 radical (unpaired) electrons. The Hall–Kier alpha value is 0.383. The van der Waals surface area contributed by atoms with Crippen molar-refractivity contribution >= 4 is 72.4 Å². The molecule has 7 rings (SSSR count). The fourth-order valence-electron chi connectivity index (χ4n) is 7.48. The molecule has 7 heterocycles. The Morgan fingerprint density at radius 3 is 0.810 bits per heavy atom. The van der Waals surface area contributed by atoms with Crippen molar-refractivity contribution in [3.63, 3.8) is 0 Å². The molecule has 0 unspecified atom stereocenters. The maximum Gasteiger partial charge on any atom is 0.0547 e. The van der Waals surface area contributed by atoms with Crippen LogP contribution < -0.4 is 5.73 Å². The Morgan fingerprint density at radius 1 is 0.414 bits per heavy atom. The van der Waals surface area contributed by atoms with Gasteiger partial charge in [0, 0.05) is 36.8 Å². The number of hydrogen-bond acceptors (Lipinski definition) is 8. The van der Waals surface area contributed by atoms with Gasteiger partial charge in [-0.05, 0) is 147 Å². The van der Waals surface area contributed by atoms with E-state index in [0.717, 1.165) is 48.2 Å². The second-order valence-electron chi connectivity index (χ2n) is 14.6. The van der Waals surface area contributed by atoms with E-state index >= 15 is 0 Å². The fourth-order valence-corrected chi connectivity index (χ4v) is 8.10. The molecule has 58 heavy (non-hydrogen) atoms. The average molecular weight is 1100 g/mol. The van der Waals surface area contributed by atoms with E-state index in [4.69, 9.17) is 50.6 Å². The van der Waals surface area contributed by atoms with Gasteiger partial charge in [0.05, 0.1) is 34.2 Å². The maximum absolute atomic E-state index is 4.88. The van der Waals surface area contributed by atoms with Crippen molar-refractivity contribution in [2.75, 3.05) is 59.4 Å². The third-order valence-corrected chi connectivity index (χ3v) is 11.4. The van der Waals surface area contributed by atoms with Crippen LogP contribution in [0.15, 0.2) is 54.6 Å². The Bertz CT molecular complexity index is 1250. The van der Waals surface area contributed by atoms with Crippen molar-refractivity contribution in [1.29, 1.82) is 0 Å². The summed E-state index contributed by atoms with van der Waals surface area (Å²) in [6.07, 6.45) is 16.4. The first-order chi connectivity index (χ1) is 28.5. The molecule has 4 fully saturated rings. The number of halogens is 6. The number of pyridine rings is 3. The van der Waals surface area contributed by atoms with Crippen LogP contribution in [0, 0.1) is 0 Å². The molecule has 16 heteroatoms. The van der Waals surface area contributed by atoms with Gasteiger partial charge in [-0.15, -0.1) is 0 Å². The average Bonchev–Trinajstić information content (AvgIpc) is 3.27. The van der Waals surface area contributed by atoms with Crippen LogP contribution in [0.5, 0.6) is 0 Å². The molecule has 2 N–H and O–H groups in total. The van der Waals surface area contributed by atoms with Crippen LogP contribution in [0.2, 0.25) is 0 Å². The summed E-state index contributed by atoms with van der Waals surface area (Å²) < 4.78 is 0. The number of nitrogens with two attached hydrogens (primary N) is 1. The summed E-state index contributed by atoms with van der Waals surface area (Å²) >= 11 is 7.45. The van der Waals surface area contributed by atoms with Crippen LogP contribution in [-0.2, 0) is 62.6 Å².